The van der Waals surface area contributed by atoms with E-state index in [-0.39, 0.29) is 0 Å². The van der Waals surface area contributed by atoms with Gasteiger partial charge in [0.05, 0.1) is 0 Å². The predicted molar refractivity (Wildman–Crippen MR) is 83.7 cm³/mol. The molecule has 0 aliphatic heterocycles. The predicted octanol–water partition coefficient (Wildman–Crippen LogP) is 4.59. The van der Waals surface area contributed by atoms with Crippen LogP contribution in [0.3, 0.4) is 0 Å². The fraction of sp³-hybridized carbons (Fsp3) is 0.667. The quantitative estimate of drug-likeness (QED) is 0.720. The molecule has 1 saturated carbocycles. The smallest absolute Gasteiger partial charge is 0.00777 e. The van der Waals surface area contributed by atoms with Crippen molar-refractivity contribution in [3.8, 4) is 0 Å². The van der Waals surface area contributed by atoms with Crippen molar-refractivity contribution >= 4 is 0 Å². The number of benzene rings is 1. The molecule has 2 rings (SSSR count). The third-order valence-electron chi connectivity index (χ3n) is 4.39. The second kappa shape index (κ2) is 6.56. The van der Waals surface area contributed by atoms with Crippen LogP contribution in [0.4, 0.5) is 0 Å². The van der Waals surface area contributed by atoms with Crippen molar-refractivity contribution in [2.75, 3.05) is 6.54 Å². The van der Waals surface area contributed by atoms with Gasteiger partial charge in [-0.25, -0.2) is 0 Å². The monoisotopic (exact) mass is 259 g/mol. The lowest BCUT2D eigenvalue weighted by Crippen LogP contribution is -2.39. The van der Waals surface area contributed by atoms with Crippen LogP contribution in [0.15, 0.2) is 24.3 Å². The van der Waals surface area contributed by atoms with Gasteiger partial charge in [0.1, 0.15) is 0 Å². The van der Waals surface area contributed by atoms with Gasteiger partial charge in [-0.05, 0) is 38.2 Å². The molecule has 0 spiro atoms. The fourth-order valence-corrected chi connectivity index (χ4v) is 3.25. The van der Waals surface area contributed by atoms with Crippen LogP contribution in [-0.4, -0.2) is 12.6 Å². The first kappa shape index (κ1) is 14.6. The summed E-state index contributed by atoms with van der Waals surface area (Å²) < 4.78 is 0. The molecule has 1 aromatic carbocycles. The van der Waals surface area contributed by atoms with Gasteiger partial charge in [0.25, 0.3) is 0 Å². The summed E-state index contributed by atoms with van der Waals surface area (Å²) in [6.45, 7) is 8.00. The zero-order valence-corrected chi connectivity index (χ0v) is 12.8. The van der Waals surface area contributed by atoms with Crippen LogP contribution in [0.2, 0.25) is 0 Å². The number of hydrogen-bond acceptors (Lipinski definition) is 1. The highest BCUT2D eigenvalue weighted by Gasteiger charge is 2.32. The normalized spacial score (nSPS) is 15.7. The van der Waals surface area contributed by atoms with Crippen molar-refractivity contribution < 1.29 is 0 Å². The number of aryl methyl sites for hydroxylation is 1. The molecule has 1 aliphatic rings. The van der Waals surface area contributed by atoms with Crippen molar-refractivity contribution in [3.63, 3.8) is 0 Å². The average Bonchev–Trinajstić information content (AvgIpc) is 3.20. The minimum absolute atomic E-state index is 0.345. The molecule has 0 amide bonds. The van der Waals surface area contributed by atoms with Gasteiger partial charge in [-0.2, -0.15) is 0 Å². The molecule has 0 bridgehead atoms. The fourth-order valence-electron chi connectivity index (χ4n) is 3.25. The molecule has 19 heavy (non-hydrogen) atoms. The van der Waals surface area contributed by atoms with Crippen molar-refractivity contribution in [1.82, 2.24) is 5.32 Å². The molecular weight excluding hydrogens is 230 g/mol. The summed E-state index contributed by atoms with van der Waals surface area (Å²) in [6.07, 6.45) is 7.87. The Morgan fingerprint density at radius 3 is 2.37 bits per heavy atom. The molecule has 0 heterocycles. The van der Waals surface area contributed by atoms with E-state index in [2.05, 4.69) is 50.4 Å². The third kappa shape index (κ3) is 3.82. The Morgan fingerprint density at radius 1 is 1.16 bits per heavy atom. The Hall–Kier alpha value is -0.820. The maximum atomic E-state index is 3.79. The summed E-state index contributed by atoms with van der Waals surface area (Å²) in [5, 5.41) is 3.79. The molecule has 1 aliphatic carbocycles. The summed E-state index contributed by atoms with van der Waals surface area (Å²) in [5.74, 6) is 0. The van der Waals surface area contributed by atoms with Crippen molar-refractivity contribution in [3.05, 3.63) is 35.4 Å². The lowest BCUT2D eigenvalue weighted by molar-refractivity contribution is 0.334. The van der Waals surface area contributed by atoms with Gasteiger partial charge in [-0.3, -0.25) is 0 Å². The summed E-state index contributed by atoms with van der Waals surface area (Å²) in [7, 11) is 0. The van der Waals surface area contributed by atoms with E-state index < -0.39 is 0 Å². The van der Waals surface area contributed by atoms with Crippen molar-refractivity contribution in [1.29, 1.82) is 0 Å². The van der Waals surface area contributed by atoms with Gasteiger partial charge in [0.15, 0.2) is 0 Å². The van der Waals surface area contributed by atoms with Crippen LogP contribution in [0, 0.1) is 6.92 Å². The van der Waals surface area contributed by atoms with Gasteiger partial charge in [0.2, 0.25) is 0 Å². The zero-order valence-electron chi connectivity index (χ0n) is 12.8. The van der Waals surface area contributed by atoms with Crippen LogP contribution in [0.25, 0.3) is 0 Å². The highest BCUT2D eigenvalue weighted by molar-refractivity contribution is 5.30. The molecule has 0 unspecified atom stereocenters. The van der Waals surface area contributed by atoms with E-state index in [0.29, 0.717) is 5.41 Å². The third-order valence-corrected chi connectivity index (χ3v) is 4.39. The van der Waals surface area contributed by atoms with E-state index in [1.54, 1.807) is 5.56 Å². The first-order valence-electron chi connectivity index (χ1n) is 8.00. The summed E-state index contributed by atoms with van der Waals surface area (Å²) in [5.41, 5.74) is 3.28. The van der Waals surface area contributed by atoms with E-state index in [9.17, 15) is 0 Å². The highest BCUT2D eigenvalue weighted by Crippen LogP contribution is 2.35. The molecule has 0 aromatic heterocycles. The maximum absolute atomic E-state index is 3.79. The van der Waals surface area contributed by atoms with Gasteiger partial charge < -0.3 is 5.32 Å². The van der Waals surface area contributed by atoms with Gasteiger partial charge in [-0.1, -0.05) is 56.5 Å². The average molecular weight is 259 g/mol. The van der Waals surface area contributed by atoms with Crippen molar-refractivity contribution in [2.45, 2.75) is 70.8 Å². The van der Waals surface area contributed by atoms with E-state index in [1.165, 1.54) is 44.1 Å². The van der Waals surface area contributed by atoms with E-state index in [0.717, 1.165) is 12.6 Å². The molecule has 1 N–H and O–H groups in total. The molecule has 0 atom stereocenters. The Kier molecular flexibility index (Phi) is 5.04. The molecule has 1 fully saturated rings. The SMILES string of the molecule is CCCC(CCC)(CNC1CC1)c1cccc(C)c1. The van der Waals surface area contributed by atoms with Crippen molar-refractivity contribution in [2.24, 2.45) is 0 Å². The Labute approximate surface area is 118 Å². The molecule has 0 radical (unpaired) electrons. The Balaban J connectivity index is 2.22. The number of rotatable bonds is 8. The maximum Gasteiger partial charge on any atom is 0.00777 e. The molecular formula is C18H29N. The van der Waals surface area contributed by atoms with E-state index in [4.69, 9.17) is 0 Å². The lowest BCUT2D eigenvalue weighted by Gasteiger charge is -2.35. The minimum atomic E-state index is 0.345. The van der Waals surface area contributed by atoms with Gasteiger partial charge >= 0.3 is 0 Å². The second-order valence-electron chi connectivity index (χ2n) is 6.30. The summed E-state index contributed by atoms with van der Waals surface area (Å²) in [4.78, 5) is 0. The minimum Gasteiger partial charge on any atom is -0.313 e. The van der Waals surface area contributed by atoms with Crippen LogP contribution >= 0.6 is 0 Å². The Morgan fingerprint density at radius 2 is 1.84 bits per heavy atom. The van der Waals surface area contributed by atoms with Crippen LogP contribution in [0.5, 0.6) is 0 Å². The standard InChI is InChI=1S/C18H29N/c1-4-11-18(12-5-2,14-19-17-9-10-17)16-8-6-7-15(3)13-16/h6-8,13,17,19H,4-5,9-12,14H2,1-3H3. The van der Waals surface area contributed by atoms with Crippen LogP contribution in [-0.2, 0) is 5.41 Å². The Bertz CT molecular complexity index is 386. The van der Waals surface area contributed by atoms with Gasteiger partial charge in [0, 0.05) is 18.0 Å². The van der Waals surface area contributed by atoms with E-state index >= 15 is 0 Å². The largest absolute Gasteiger partial charge is 0.313 e. The second-order valence-corrected chi connectivity index (χ2v) is 6.30. The highest BCUT2D eigenvalue weighted by atomic mass is 15.0. The molecule has 0 saturated heterocycles. The first-order valence-corrected chi connectivity index (χ1v) is 8.00. The van der Waals surface area contributed by atoms with Gasteiger partial charge in [-0.15, -0.1) is 0 Å². The topological polar surface area (TPSA) is 12.0 Å². The van der Waals surface area contributed by atoms with Crippen LogP contribution < -0.4 is 5.32 Å². The number of hydrogen-bond donors (Lipinski definition) is 1. The molecule has 1 nitrogen and oxygen atoms in total. The lowest BCUT2D eigenvalue weighted by atomic mass is 9.73. The molecule has 1 aromatic rings. The van der Waals surface area contributed by atoms with Crippen LogP contribution in [0.1, 0.15) is 63.5 Å². The molecule has 1 heteroatoms. The number of nitrogens with one attached hydrogen (secondary N) is 1. The summed E-state index contributed by atoms with van der Waals surface area (Å²) in [6, 6.07) is 9.98. The first-order chi connectivity index (χ1) is 9.20. The van der Waals surface area contributed by atoms with E-state index in [1.807, 2.05) is 0 Å². The molecule has 106 valence electrons. The summed E-state index contributed by atoms with van der Waals surface area (Å²) >= 11 is 0. The zero-order chi connectivity index (χ0) is 13.7.